The van der Waals surface area contributed by atoms with E-state index < -0.39 is 0 Å². The second-order valence-corrected chi connectivity index (χ2v) is 4.35. The lowest BCUT2D eigenvalue weighted by Crippen LogP contribution is -2.36. The van der Waals surface area contributed by atoms with Gasteiger partial charge in [-0.15, -0.1) is 11.6 Å². The topological polar surface area (TPSA) is 29.1 Å². The SMILES string of the molecule is Cc1ccccc1C1(NC(=O)CCl)CC1. The fourth-order valence-electron chi connectivity index (χ4n) is 2.00. The molecule has 0 aliphatic heterocycles. The number of benzene rings is 1. The second kappa shape index (κ2) is 3.86. The molecule has 1 aromatic rings. The van der Waals surface area contributed by atoms with Crippen LogP contribution in [0.5, 0.6) is 0 Å². The third-order valence-corrected chi connectivity index (χ3v) is 3.15. The molecule has 0 atom stereocenters. The third-order valence-electron chi connectivity index (χ3n) is 2.91. The molecule has 0 bridgehead atoms. The van der Waals surface area contributed by atoms with Crippen LogP contribution in [0.25, 0.3) is 0 Å². The fraction of sp³-hybridized carbons (Fsp3) is 0.417. The molecule has 0 heterocycles. The van der Waals surface area contributed by atoms with Crippen molar-refractivity contribution in [3.63, 3.8) is 0 Å². The number of aryl methyl sites for hydroxylation is 1. The predicted molar refractivity (Wildman–Crippen MR) is 61.0 cm³/mol. The van der Waals surface area contributed by atoms with Crippen LogP contribution in [0.4, 0.5) is 0 Å². The average Bonchev–Trinajstić information content (AvgIpc) is 2.99. The lowest BCUT2D eigenvalue weighted by Gasteiger charge is -2.19. The molecule has 0 radical (unpaired) electrons. The Balaban J connectivity index is 2.23. The number of amides is 1. The van der Waals surface area contributed by atoms with E-state index in [1.807, 2.05) is 12.1 Å². The van der Waals surface area contributed by atoms with E-state index in [1.165, 1.54) is 11.1 Å². The molecule has 0 spiro atoms. The average molecular weight is 224 g/mol. The highest BCUT2D eigenvalue weighted by Crippen LogP contribution is 2.46. The van der Waals surface area contributed by atoms with Crippen LogP contribution in [0, 0.1) is 6.92 Å². The quantitative estimate of drug-likeness (QED) is 0.784. The largest absolute Gasteiger partial charge is 0.346 e. The first-order chi connectivity index (χ1) is 7.18. The first-order valence-corrected chi connectivity index (χ1v) is 5.64. The maximum Gasteiger partial charge on any atom is 0.235 e. The normalized spacial score (nSPS) is 17.2. The van der Waals surface area contributed by atoms with Crippen molar-refractivity contribution in [3.05, 3.63) is 35.4 Å². The van der Waals surface area contributed by atoms with Crippen LogP contribution >= 0.6 is 11.6 Å². The van der Waals surface area contributed by atoms with Gasteiger partial charge in [0.15, 0.2) is 0 Å². The highest BCUT2D eigenvalue weighted by atomic mass is 35.5. The highest BCUT2D eigenvalue weighted by molar-refractivity contribution is 6.27. The molecule has 15 heavy (non-hydrogen) atoms. The van der Waals surface area contributed by atoms with Gasteiger partial charge >= 0.3 is 0 Å². The van der Waals surface area contributed by atoms with Crippen molar-refractivity contribution in [1.82, 2.24) is 5.32 Å². The number of nitrogens with one attached hydrogen (secondary N) is 1. The zero-order valence-electron chi connectivity index (χ0n) is 8.72. The van der Waals surface area contributed by atoms with E-state index in [4.69, 9.17) is 11.6 Å². The summed E-state index contributed by atoms with van der Waals surface area (Å²) in [6.07, 6.45) is 2.03. The van der Waals surface area contributed by atoms with Gasteiger partial charge in [-0.05, 0) is 30.9 Å². The Labute approximate surface area is 94.6 Å². The van der Waals surface area contributed by atoms with Crippen molar-refractivity contribution in [3.8, 4) is 0 Å². The standard InChI is InChI=1S/C12H14ClNO/c1-9-4-2-3-5-10(9)12(6-7-12)14-11(15)8-13/h2-5H,6-8H2,1H3,(H,14,15). The maximum atomic E-state index is 11.3. The van der Waals surface area contributed by atoms with E-state index in [0.717, 1.165) is 12.8 Å². The van der Waals surface area contributed by atoms with E-state index in [0.29, 0.717) is 0 Å². The van der Waals surface area contributed by atoms with Gasteiger partial charge in [0, 0.05) is 0 Å². The summed E-state index contributed by atoms with van der Waals surface area (Å²) in [4.78, 5) is 11.3. The van der Waals surface area contributed by atoms with Gasteiger partial charge < -0.3 is 5.32 Å². The number of rotatable bonds is 3. The van der Waals surface area contributed by atoms with Crippen molar-refractivity contribution < 1.29 is 4.79 Å². The third kappa shape index (κ3) is 2.00. The molecular formula is C12H14ClNO. The predicted octanol–water partition coefficient (Wildman–Crippen LogP) is 2.34. The van der Waals surface area contributed by atoms with Gasteiger partial charge in [-0.2, -0.15) is 0 Å². The maximum absolute atomic E-state index is 11.3. The Morgan fingerprint density at radius 1 is 1.47 bits per heavy atom. The van der Waals surface area contributed by atoms with Crippen LogP contribution in [0.2, 0.25) is 0 Å². The minimum absolute atomic E-state index is 0.0353. The van der Waals surface area contributed by atoms with Gasteiger partial charge in [-0.3, -0.25) is 4.79 Å². The Morgan fingerprint density at radius 3 is 2.67 bits per heavy atom. The Kier molecular flexibility index (Phi) is 2.70. The van der Waals surface area contributed by atoms with Gasteiger partial charge in [0.05, 0.1) is 5.54 Å². The van der Waals surface area contributed by atoms with Crippen LogP contribution in [0.3, 0.4) is 0 Å². The van der Waals surface area contributed by atoms with Gasteiger partial charge in [-0.1, -0.05) is 24.3 Å². The van der Waals surface area contributed by atoms with Crippen LogP contribution in [-0.4, -0.2) is 11.8 Å². The molecule has 80 valence electrons. The monoisotopic (exact) mass is 223 g/mol. The number of carbonyl (C=O) groups is 1. The van der Waals surface area contributed by atoms with Gasteiger partial charge in [-0.25, -0.2) is 0 Å². The lowest BCUT2D eigenvalue weighted by molar-refractivity contribution is -0.119. The van der Waals surface area contributed by atoms with E-state index in [2.05, 4.69) is 24.4 Å². The summed E-state index contributed by atoms with van der Waals surface area (Å²) in [5.41, 5.74) is 2.32. The number of carbonyl (C=O) groups excluding carboxylic acids is 1. The molecule has 0 unspecified atom stereocenters. The van der Waals surface area contributed by atoms with Gasteiger partial charge in [0.1, 0.15) is 5.88 Å². The van der Waals surface area contributed by atoms with E-state index in [-0.39, 0.29) is 17.3 Å². The van der Waals surface area contributed by atoms with Gasteiger partial charge in [0.2, 0.25) is 5.91 Å². The molecular weight excluding hydrogens is 210 g/mol. The molecule has 0 aromatic heterocycles. The zero-order chi connectivity index (χ0) is 10.9. The van der Waals surface area contributed by atoms with Crippen molar-refractivity contribution in [2.45, 2.75) is 25.3 Å². The number of halogens is 1. The number of hydrogen-bond donors (Lipinski definition) is 1. The van der Waals surface area contributed by atoms with Crippen molar-refractivity contribution >= 4 is 17.5 Å². The molecule has 1 aliphatic carbocycles. The van der Waals surface area contributed by atoms with Crippen LogP contribution in [0.1, 0.15) is 24.0 Å². The molecule has 1 saturated carbocycles. The van der Waals surface area contributed by atoms with E-state index in [1.54, 1.807) is 0 Å². The molecule has 2 rings (SSSR count). The van der Waals surface area contributed by atoms with Crippen molar-refractivity contribution in [2.24, 2.45) is 0 Å². The summed E-state index contributed by atoms with van der Waals surface area (Å²) in [6, 6.07) is 8.17. The first-order valence-electron chi connectivity index (χ1n) is 5.11. The smallest absolute Gasteiger partial charge is 0.235 e. The summed E-state index contributed by atoms with van der Waals surface area (Å²) >= 11 is 5.50. The number of hydrogen-bond acceptors (Lipinski definition) is 1. The summed E-state index contributed by atoms with van der Waals surface area (Å²) in [6.45, 7) is 2.07. The van der Waals surface area contributed by atoms with Gasteiger partial charge in [0.25, 0.3) is 0 Å². The Morgan fingerprint density at radius 2 is 2.13 bits per heavy atom. The highest BCUT2D eigenvalue weighted by Gasteiger charge is 2.46. The van der Waals surface area contributed by atoms with Crippen LogP contribution < -0.4 is 5.32 Å². The lowest BCUT2D eigenvalue weighted by atomic mass is 9.99. The molecule has 1 aromatic carbocycles. The van der Waals surface area contributed by atoms with Crippen LogP contribution in [-0.2, 0) is 10.3 Å². The summed E-state index contributed by atoms with van der Waals surface area (Å²) in [7, 11) is 0. The summed E-state index contributed by atoms with van der Waals surface area (Å²) in [5.74, 6) is -0.0504. The molecule has 1 amide bonds. The first kappa shape index (κ1) is 10.5. The van der Waals surface area contributed by atoms with Crippen LogP contribution in [0.15, 0.2) is 24.3 Å². The Bertz CT molecular complexity index is 385. The van der Waals surface area contributed by atoms with E-state index >= 15 is 0 Å². The van der Waals surface area contributed by atoms with Crippen molar-refractivity contribution in [1.29, 1.82) is 0 Å². The second-order valence-electron chi connectivity index (χ2n) is 4.08. The minimum atomic E-state index is -0.128. The minimum Gasteiger partial charge on any atom is -0.346 e. The summed E-state index contributed by atoms with van der Waals surface area (Å²) < 4.78 is 0. The van der Waals surface area contributed by atoms with Crippen molar-refractivity contribution in [2.75, 3.05) is 5.88 Å². The fourth-order valence-corrected chi connectivity index (χ4v) is 2.06. The zero-order valence-corrected chi connectivity index (χ0v) is 9.47. The molecule has 0 saturated heterocycles. The molecule has 1 aliphatic rings. The summed E-state index contributed by atoms with van der Waals surface area (Å²) in [5, 5.41) is 3.00. The molecule has 1 N–H and O–H groups in total. The molecule has 2 nitrogen and oxygen atoms in total. The van der Waals surface area contributed by atoms with E-state index in [9.17, 15) is 4.79 Å². The molecule has 1 fully saturated rings. The molecule has 3 heteroatoms. The number of alkyl halides is 1. The Hall–Kier alpha value is -1.02.